The molecule has 3 rings (SSSR count). The van der Waals surface area contributed by atoms with Gasteiger partial charge in [0.15, 0.2) is 0 Å². The summed E-state index contributed by atoms with van der Waals surface area (Å²) in [5.74, 6) is 0.574. The third-order valence-electron chi connectivity index (χ3n) is 4.72. The fourth-order valence-corrected chi connectivity index (χ4v) is 3.23. The molecule has 0 aromatic heterocycles. The first kappa shape index (κ1) is 19.8. The molecule has 1 heterocycles. The van der Waals surface area contributed by atoms with E-state index in [0.717, 1.165) is 17.7 Å². The van der Waals surface area contributed by atoms with Crippen molar-refractivity contribution in [3.05, 3.63) is 72.0 Å². The van der Waals surface area contributed by atoms with Crippen molar-refractivity contribution in [3.8, 4) is 5.75 Å². The quantitative estimate of drug-likeness (QED) is 0.692. The van der Waals surface area contributed by atoms with Gasteiger partial charge >= 0.3 is 0 Å². The molecule has 28 heavy (non-hydrogen) atoms. The van der Waals surface area contributed by atoms with Crippen LogP contribution in [0.5, 0.6) is 5.75 Å². The molecule has 1 unspecified atom stereocenters. The van der Waals surface area contributed by atoms with E-state index in [-0.39, 0.29) is 12.0 Å². The number of anilines is 1. The average molecular weight is 380 g/mol. The maximum absolute atomic E-state index is 13.4. The van der Waals surface area contributed by atoms with E-state index in [1.165, 1.54) is 0 Å². The van der Waals surface area contributed by atoms with Crippen molar-refractivity contribution < 1.29 is 14.3 Å². The van der Waals surface area contributed by atoms with Crippen LogP contribution in [0.1, 0.15) is 29.3 Å². The van der Waals surface area contributed by atoms with E-state index < -0.39 is 0 Å². The normalized spacial score (nSPS) is 15.2. The molecule has 2 aromatic rings. The second kappa shape index (κ2) is 9.31. The predicted octanol–water partition coefficient (Wildman–Crippen LogP) is 4.10. The molecule has 0 saturated carbocycles. The fourth-order valence-electron chi connectivity index (χ4n) is 3.23. The van der Waals surface area contributed by atoms with Gasteiger partial charge < -0.3 is 19.3 Å². The van der Waals surface area contributed by atoms with Crippen molar-refractivity contribution in [2.75, 3.05) is 32.1 Å². The predicted molar refractivity (Wildman–Crippen MR) is 112 cm³/mol. The molecular formula is C23H28N2O3. The molecule has 1 aliphatic heterocycles. The Kier molecular flexibility index (Phi) is 6.58. The van der Waals surface area contributed by atoms with Crippen LogP contribution in [0.4, 0.5) is 5.69 Å². The summed E-state index contributed by atoms with van der Waals surface area (Å²) in [6, 6.07) is 15.7. The second-order valence-corrected chi connectivity index (χ2v) is 7.04. The maximum atomic E-state index is 13.4. The van der Waals surface area contributed by atoms with Gasteiger partial charge in [-0.1, -0.05) is 24.3 Å². The zero-order chi connectivity index (χ0) is 19.9. The van der Waals surface area contributed by atoms with Crippen LogP contribution in [-0.2, 0) is 11.3 Å². The number of benzene rings is 2. The molecule has 0 fully saturated rings. The van der Waals surface area contributed by atoms with Crippen molar-refractivity contribution in [1.29, 1.82) is 0 Å². The van der Waals surface area contributed by atoms with E-state index in [2.05, 4.69) is 29.2 Å². The SMILES string of the molecule is CCOc1ccccc1C(=O)N(Cc1ccc(N(C)C)cc1)CC1CC=CO1. The Balaban J connectivity index is 1.82. The van der Waals surface area contributed by atoms with E-state index >= 15 is 0 Å². The van der Waals surface area contributed by atoms with Gasteiger partial charge in [0.25, 0.3) is 5.91 Å². The highest BCUT2D eigenvalue weighted by atomic mass is 16.5. The molecule has 1 aliphatic rings. The monoisotopic (exact) mass is 380 g/mol. The number of para-hydroxylation sites is 1. The molecule has 0 N–H and O–H groups in total. The Morgan fingerprint density at radius 3 is 2.54 bits per heavy atom. The number of hydrogen-bond donors (Lipinski definition) is 0. The molecule has 0 bridgehead atoms. The Hall–Kier alpha value is -2.95. The van der Waals surface area contributed by atoms with Gasteiger partial charge in [0, 0.05) is 32.7 Å². The van der Waals surface area contributed by atoms with Gasteiger partial charge in [-0.05, 0) is 42.8 Å². The lowest BCUT2D eigenvalue weighted by atomic mass is 10.1. The molecule has 1 amide bonds. The zero-order valence-electron chi connectivity index (χ0n) is 16.8. The smallest absolute Gasteiger partial charge is 0.258 e. The van der Waals surface area contributed by atoms with Gasteiger partial charge in [-0.15, -0.1) is 0 Å². The van der Waals surface area contributed by atoms with Gasteiger partial charge in [0.05, 0.1) is 25.0 Å². The van der Waals surface area contributed by atoms with E-state index in [9.17, 15) is 4.79 Å². The Bertz CT molecular complexity index is 807. The topological polar surface area (TPSA) is 42.0 Å². The summed E-state index contributed by atoms with van der Waals surface area (Å²) in [4.78, 5) is 17.3. The largest absolute Gasteiger partial charge is 0.496 e. The molecule has 1 atom stereocenters. The van der Waals surface area contributed by atoms with E-state index in [0.29, 0.717) is 31.0 Å². The summed E-state index contributed by atoms with van der Waals surface area (Å²) in [7, 11) is 4.03. The summed E-state index contributed by atoms with van der Waals surface area (Å²) in [6.45, 7) is 3.49. The highest BCUT2D eigenvalue weighted by Gasteiger charge is 2.24. The molecular weight excluding hydrogens is 352 g/mol. The summed E-state index contributed by atoms with van der Waals surface area (Å²) < 4.78 is 11.3. The van der Waals surface area contributed by atoms with Crippen LogP contribution in [0.15, 0.2) is 60.9 Å². The van der Waals surface area contributed by atoms with Crippen LogP contribution in [0, 0.1) is 0 Å². The molecule has 2 aromatic carbocycles. The number of amides is 1. The van der Waals surface area contributed by atoms with Gasteiger partial charge in [-0.2, -0.15) is 0 Å². The second-order valence-electron chi connectivity index (χ2n) is 7.04. The molecule has 0 spiro atoms. The summed E-state index contributed by atoms with van der Waals surface area (Å²) in [5.41, 5.74) is 2.80. The fraction of sp³-hybridized carbons (Fsp3) is 0.348. The molecule has 0 radical (unpaired) electrons. The van der Waals surface area contributed by atoms with Crippen LogP contribution >= 0.6 is 0 Å². The molecule has 0 aliphatic carbocycles. The lowest BCUT2D eigenvalue weighted by molar-refractivity contribution is 0.0607. The van der Waals surface area contributed by atoms with E-state index in [1.807, 2.05) is 56.3 Å². The lowest BCUT2D eigenvalue weighted by Crippen LogP contribution is -2.37. The number of carbonyl (C=O) groups is 1. The maximum Gasteiger partial charge on any atom is 0.258 e. The first-order chi connectivity index (χ1) is 13.6. The minimum Gasteiger partial charge on any atom is -0.496 e. The van der Waals surface area contributed by atoms with Crippen molar-refractivity contribution in [2.24, 2.45) is 0 Å². The number of ether oxygens (including phenoxy) is 2. The lowest BCUT2D eigenvalue weighted by Gasteiger charge is -2.27. The molecule has 148 valence electrons. The molecule has 5 nitrogen and oxygen atoms in total. The Morgan fingerprint density at radius 1 is 1.14 bits per heavy atom. The van der Waals surface area contributed by atoms with Crippen molar-refractivity contribution >= 4 is 11.6 Å². The van der Waals surface area contributed by atoms with Crippen LogP contribution in [0.2, 0.25) is 0 Å². The number of rotatable bonds is 8. The van der Waals surface area contributed by atoms with Gasteiger partial charge in [0.2, 0.25) is 0 Å². The minimum absolute atomic E-state index is 0.00995. The Morgan fingerprint density at radius 2 is 1.89 bits per heavy atom. The van der Waals surface area contributed by atoms with Crippen LogP contribution < -0.4 is 9.64 Å². The molecule has 5 heteroatoms. The van der Waals surface area contributed by atoms with Crippen LogP contribution in [0.3, 0.4) is 0 Å². The summed E-state index contributed by atoms with van der Waals surface area (Å²) >= 11 is 0. The standard InChI is InChI=1S/C23H28N2O3/c1-4-27-22-10-6-5-9-21(22)23(26)25(17-20-8-7-15-28-20)16-18-11-13-19(14-12-18)24(2)3/h5-7,9-15,20H,4,8,16-17H2,1-3H3. The minimum atomic E-state index is -0.0452. The first-order valence-electron chi connectivity index (χ1n) is 9.66. The third kappa shape index (κ3) is 4.85. The average Bonchev–Trinajstić information content (AvgIpc) is 3.21. The van der Waals surface area contributed by atoms with Crippen molar-refractivity contribution in [1.82, 2.24) is 4.90 Å². The van der Waals surface area contributed by atoms with Gasteiger partial charge in [-0.25, -0.2) is 0 Å². The van der Waals surface area contributed by atoms with E-state index in [4.69, 9.17) is 9.47 Å². The van der Waals surface area contributed by atoms with Gasteiger partial charge in [0.1, 0.15) is 11.9 Å². The zero-order valence-corrected chi connectivity index (χ0v) is 16.8. The van der Waals surface area contributed by atoms with E-state index in [1.54, 1.807) is 6.26 Å². The first-order valence-corrected chi connectivity index (χ1v) is 9.66. The third-order valence-corrected chi connectivity index (χ3v) is 4.72. The summed E-state index contributed by atoms with van der Waals surface area (Å²) in [6.07, 6.45) is 4.51. The van der Waals surface area contributed by atoms with Crippen LogP contribution in [-0.4, -0.2) is 44.2 Å². The van der Waals surface area contributed by atoms with Gasteiger partial charge in [-0.3, -0.25) is 4.79 Å². The number of hydrogen-bond acceptors (Lipinski definition) is 4. The van der Waals surface area contributed by atoms with Crippen molar-refractivity contribution in [2.45, 2.75) is 26.0 Å². The summed E-state index contributed by atoms with van der Waals surface area (Å²) in [5, 5.41) is 0. The van der Waals surface area contributed by atoms with Crippen molar-refractivity contribution in [3.63, 3.8) is 0 Å². The highest BCUT2D eigenvalue weighted by molar-refractivity contribution is 5.97. The Labute approximate surface area is 167 Å². The number of carbonyl (C=O) groups excluding carboxylic acids is 1. The molecule has 0 saturated heterocycles. The number of nitrogens with zero attached hydrogens (tertiary/aromatic N) is 2. The highest BCUT2D eigenvalue weighted by Crippen LogP contribution is 2.23. The van der Waals surface area contributed by atoms with Crippen LogP contribution in [0.25, 0.3) is 0 Å².